The maximum absolute atomic E-state index is 12.0. The zero-order valence-electron chi connectivity index (χ0n) is 11.8. The lowest BCUT2D eigenvalue weighted by Gasteiger charge is -2.17. The van der Waals surface area contributed by atoms with Gasteiger partial charge in [-0.25, -0.2) is 4.68 Å². The summed E-state index contributed by atoms with van der Waals surface area (Å²) in [5.74, 6) is 0. The number of hydrogen-bond acceptors (Lipinski definition) is 7. The molecule has 0 saturated heterocycles. The molecule has 2 heterocycles. The second kappa shape index (κ2) is 6.47. The first-order valence-electron chi connectivity index (χ1n) is 6.42. The first kappa shape index (κ1) is 14.4. The topological polar surface area (TPSA) is 75.9 Å². The van der Waals surface area contributed by atoms with Crippen molar-refractivity contribution < 1.29 is 0 Å². The molecule has 0 aromatic carbocycles. The third-order valence-electron chi connectivity index (χ3n) is 2.82. The van der Waals surface area contributed by atoms with Crippen LogP contribution in [0.2, 0.25) is 0 Å². The van der Waals surface area contributed by atoms with Crippen molar-refractivity contribution in [3.05, 3.63) is 27.6 Å². The van der Waals surface area contributed by atoms with E-state index in [0.29, 0.717) is 6.54 Å². The van der Waals surface area contributed by atoms with Crippen molar-refractivity contribution >= 4 is 22.2 Å². The molecule has 0 bridgehead atoms. The molecule has 7 nitrogen and oxygen atoms in total. The second-order valence-corrected chi connectivity index (χ2v) is 5.44. The number of nitrogens with zero attached hydrogens (tertiary/aromatic N) is 5. The fourth-order valence-corrected chi connectivity index (χ4v) is 2.44. The van der Waals surface area contributed by atoms with Crippen LogP contribution in [0, 0.1) is 0 Å². The highest BCUT2D eigenvalue weighted by Gasteiger charge is 2.08. The maximum Gasteiger partial charge on any atom is 0.269 e. The predicted octanol–water partition coefficient (Wildman–Crippen LogP) is 1.03. The lowest BCUT2D eigenvalue weighted by Crippen LogP contribution is -2.26. The van der Waals surface area contributed by atoms with Crippen LogP contribution in [0.3, 0.4) is 0 Å². The van der Waals surface area contributed by atoms with Gasteiger partial charge in [-0.1, -0.05) is 18.3 Å². The second-order valence-electron chi connectivity index (χ2n) is 4.38. The van der Waals surface area contributed by atoms with Gasteiger partial charge in [-0.2, -0.15) is 5.10 Å². The highest BCUT2D eigenvalue weighted by atomic mass is 32.1. The quantitative estimate of drug-likeness (QED) is 0.857. The molecule has 0 radical (unpaired) electrons. The molecular weight excluding hydrogens is 276 g/mol. The number of anilines is 2. The highest BCUT2D eigenvalue weighted by Crippen LogP contribution is 2.14. The summed E-state index contributed by atoms with van der Waals surface area (Å²) in [5, 5.41) is 16.5. The molecule has 2 rings (SSSR count). The SMILES string of the molecule is CCCN(C)c1cnn(Cc2nnc(NC)s2)c(=O)c1. The lowest BCUT2D eigenvalue weighted by atomic mass is 10.3. The van der Waals surface area contributed by atoms with Crippen LogP contribution < -0.4 is 15.8 Å². The fourth-order valence-electron chi connectivity index (χ4n) is 1.76. The van der Waals surface area contributed by atoms with E-state index in [1.165, 1.54) is 16.0 Å². The number of hydrogen-bond donors (Lipinski definition) is 1. The van der Waals surface area contributed by atoms with Crippen LogP contribution in [0.25, 0.3) is 0 Å². The molecule has 0 spiro atoms. The van der Waals surface area contributed by atoms with Crippen molar-refractivity contribution in [2.45, 2.75) is 19.9 Å². The van der Waals surface area contributed by atoms with Crippen molar-refractivity contribution in [3.63, 3.8) is 0 Å². The molecule has 2 aromatic heterocycles. The molecule has 0 aliphatic rings. The third kappa shape index (κ3) is 3.32. The van der Waals surface area contributed by atoms with Crippen LogP contribution in [0.15, 0.2) is 17.1 Å². The van der Waals surface area contributed by atoms with E-state index in [1.54, 1.807) is 19.3 Å². The largest absolute Gasteiger partial charge is 0.373 e. The highest BCUT2D eigenvalue weighted by molar-refractivity contribution is 7.15. The van der Waals surface area contributed by atoms with E-state index >= 15 is 0 Å². The Morgan fingerprint density at radius 2 is 2.25 bits per heavy atom. The molecule has 1 N–H and O–H groups in total. The number of nitrogens with one attached hydrogen (secondary N) is 1. The van der Waals surface area contributed by atoms with Crippen LogP contribution in [-0.2, 0) is 6.54 Å². The minimum Gasteiger partial charge on any atom is -0.373 e. The summed E-state index contributed by atoms with van der Waals surface area (Å²) in [4.78, 5) is 14.1. The maximum atomic E-state index is 12.0. The smallest absolute Gasteiger partial charge is 0.269 e. The normalized spacial score (nSPS) is 10.6. The summed E-state index contributed by atoms with van der Waals surface area (Å²) >= 11 is 1.41. The van der Waals surface area contributed by atoms with E-state index in [-0.39, 0.29) is 5.56 Å². The first-order chi connectivity index (χ1) is 9.63. The van der Waals surface area contributed by atoms with E-state index in [0.717, 1.165) is 28.8 Å². The molecule has 20 heavy (non-hydrogen) atoms. The van der Waals surface area contributed by atoms with E-state index in [9.17, 15) is 4.79 Å². The van der Waals surface area contributed by atoms with E-state index in [4.69, 9.17) is 0 Å². The third-order valence-corrected chi connectivity index (χ3v) is 3.75. The number of rotatable bonds is 6. The van der Waals surface area contributed by atoms with Gasteiger partial charge in [0.05, 0.1) is 18.4 Å². The molecule has 0 saturated carbocycles. The van der Waals surface area contributed by atoms with E-state index in [2.05, 4.69) is 27.5 Å². The summed E-state index contributed by atoms with van der Waals surface area (Å²) in [7, 11) is 3.74. The van der Waals surface area contributed by atoms with Crippen molar-refractivity contribution in [1.82, 2.24) is 20.0 Å². The standard InChI is InChI=1S/C12H18N6OS/c1-4-5-17(3)9-6-11(19)18(14-7-9)8-10-15-16-12(13-2)20-10/h6-7H,4-5,8H2,1-3H3,(H,13,16). The van der Waals surface area contributed by atoms with Crippen molar-refractivity contribution in [2.75, 3.05) is 30.9 Å². The average Bonchev–Trinajstić information content (AvgIpc) is 2.89. The van der Waals surface area contributed by atoms with Crippen LogP contribution >= 0.6 is 11.3 Å². The van der Waals surface area contributed by atoms with Gasteiger partial charge in [0, 0.05) is 26.7 Å². The molecule has 0 aliphatic carbocycles. The van der Waals surface area contributed by atoms with Crippen molar-refractivity contribution in [1.29, 1.82) is 0 Å². The Kier molecular flexibility index (Phi) is 4.67. The summed E-state index contributed by atoms with van der Waals surface area (Å²) in [6.45, 7) is 3.34. The van der Waals surface area contributed by atoms with Crippen LogP contribution in [0.4, 0.5) is 10.8 Å². The zero-order chi connectivity index (χ0) is 14.5. The van der Waals surface area contributed by atoms with E-state index < -0.39 is 0 Å². The Balaban J connectivity index is 2.15. The molecule has 0 fully saturated rings. The Hall–Kier alpha value is -1.96. The van der Waals surface area contributed by atoms with Gasteiger partial charge >= 0.3 is 0 Å². The molecule has 0 aliphatic heterocycles. The van der Waals surface area contributed by atoms with Crippen LogP contribution in [-0.4, -0.2) is 40.6 Å². The van der Waals surface area contributed by atoms with Crippen LogP contribution in [0.1, 0.15) is 18.4 Å². The molecule has 0 atom stereocenters. The van der Waals surface area contributed by atoms with Gasteiger partial charge < -0.3 is 10.2 Å². The summed E-state index contributed by atoms with van der Waals surface area (Å²) in [6.07, 6.45) is 2.73. The Bertz CT molecular complexity index is 622. The molecule has 0 amide bonds. The zero-order valence-corrected chi connectivity index (χ0v) is 12.6. The van der Waals surface area contributed by atoms with Gasteiger partial charge in [0.25, 0.3) is 5.56 Å². The summed E-state index contributed by atoms with van der Waals surface area (Å²) < 4.78 is 1.39. The van der Waals surface area contributed by atoms with Gasteiger partial charge in [0.2, 0.25) is 5.13 Å². The summed E-state index contributed by atoms with van der Waals surface area (Å²) in [6, 6.07) is 1.60. The van der Waals surface area contributed by atoms with E-state index in [1.807, 2.05) is 11.9 Å². The van der Waals surface area contributed by atoms with Crippen molar-refractivity contribution in [3.8, 4) is 0 Å². The fraction of sp³-hybridized carbons (Fsp3) is 0.500. The van der Waals surface area contributed by atoms with Gasteiger partial charge in [0.1, 0.15) is 5.01 Å². The molecule has 8 heteroatoms. The van der Waals surface area contributed by atoms with Gasteiger partial charge in [-0.05, 0) is 6.42 Å². The Morgan fingerprint density at radius 3 is 2.85 bits per heavy atom. The molecule has 0 unspecified atom stereocenters. The molecular formula is C12H18N6OS. The van der Waals surface area contributed by atoms with Gasteiger partial charge in [-0.15, -0.1) is 10.2 Å². The average molecular weight is 294 g/mol. The first-order valence-corrected chi connectivity index (χ1v) is 7.24. The van der Waals surface area contributed by atoms with Crippen molar-refractivity contribution in [2.24, 2.45) is 0 Å². The molecule has 2 aromatic rings. The Labute approximate surface area is 121 Å². The summed E-state index contributed by atoms with van der Waals surface area (Å²) in [5.41, 5.74) is 0.702. The minimum absolute atomic E-state index is 0.133. The molecule has 108 valence electrons. The predicted molar refractivity (Wildman–Crippen MR) is 80.6 cm³/mol. The Morgan fingerprint density at radius 1 is 1.45 bits per heavy atom. The van der Waals surface area contributed by atoms with Gasteiger partial charge in [0.15, 0.2) is 0 Å². The van der Waals surface area contributed by atoms with Crippen LogP contribution in [0.5, 0.6) is 0 Å². The van der Waals surface area contributed by atoms with Gasteiger partial charge in [-0.3, -0.25) is 4.79 Å². The monoisotopic (exact) mass is 294 g/mol. The number of aromatic nitrogens is 4. The lowest BCUT2D eigenvalue weighted by molar-refractivity contribution is 0.630. The minimum atomic E-state index is -0.133.